The third-order valence-electron chi connectivity index (χ3n) is 7.41. The van der Waals surface area contributed by atoms with Crippen LogP contribution in [0.1, 0.15) is 44.1 Å². The second kappa shape index (κ2) is 6.48. The van der Waals surface area contributed by atoms with E-state index in [0.29, 0.717) is 5.41 Å². The number of rotatable bonds is 4. The van der Waals surface area contributed by atoms with Gasteiger partial charge in [-0.3, -0.25) is 10.1 Å². The van der Waals surface area contributed by atoms with Gasteiger partial charge in [-0.25, -0.2) is 0 Å². The Hall–Kier alpha value is -2.07. The Balaban J connectivity index is 1.43. The topological polar surface area (TPSA) is 46.4 Å². The predicted octanol–water partition coefficient (Wildman–Crippen LogP) is 6.48. The summed E-state index contributed by atoms with van der Waals surface area (Å²) in [7, 11) is 1.95. The van der Waals surface area contributed by atoms with Gasteiger partial charge in [0.1, 0.15) is 0 Å². The number of benzene rings is 2. The number of nitro benzene ring substituents is 1. The van der Waals surface area contributed by atoms with E-state index >= 15 is 0 Å². The fourth-order valence-corrected chi connectivity index (χ4v) is 6.82. The fraction of sp³-hybridized carbons (Fsp3) is 0.478. The SMILES string of the molecule is CN(c1ccc([N+](=O)[O-])cc1)c1ccc(C23CC4CC(CC(C4)C2)C3)cc1Cl. The highest BCUT2D eigenvalue weighted by Gasteiger charge is 2.51. The Morgan fingerprint density at radius 1 is 1.00 bits per heavy atom. The van der Waals surface area contributed by atoms with Crippen LogP contribution in [0.25, 0.3) is 0 Å². The Morgan fingerprint density at radius 2 is 1.57 bits per heavy atom. The van der Waals surface area contributed by atoms with Gasteiger partial charge in [0.25, 0.3) is 5.69 Å². The van der Waals surface area contributed by atoms with Gasteiger partial charge >= 0.3 is 0 Å². The molecule has 146 valence electrons. The third kappa shape index (κ3) is 2.89. The van der Waals surface area contributed by atoms with Crippen LogP contribution in [-0.2, 0) is 5.41 Å². The largest absolute Gasteiger partial charge is 0.343 e. The van der Waals surface area contributed by atoms with E-state index in [0.717, 1.165) is 34.2 Å². The molecular weight excluding hydrogens is 372 g/mol. The van der Waals surface area contributed by atoms with Gasteiger partial charge in [-0.15, -0.1) is 0 Å². The minimum atomic E-state index is -0.378. The van der Waals surface area contributed by atoms with E-state index in [-0.39, 0.29) is 10.6 Å². The van der Waals surface area contributed by atoms with E-state index in [1.807, 2.05) is 11.9 Å². The molecule has 5 heteroatoms. The first-order chi connectivity index (χ1) is 13.4. The van der Waals surface area contributed by atoms with Crippen LogP contribution in [0, 0.1) is 27.9 Å². The van der Waals surface area contributed by atoms with Crippen molar-refractivity contribution in [3.05, 3.63) is 63.2 Å². The molecule has 4 fully saturated rings. The highest BCUT2D eigenvalue weighted by atomic mass is 35.5. The summed E-state index contributed by atoms with van der Waals surface area (Å²) in [4.78, 5) is 12.5. The van der Waals surface area contributed by atoms with Gasteiger partial charge in [-0.2, -0.15) is 0 Å². The summed E-state index contributed by atoms with van der Waals surface area (Å²) < 4.78 is 0. The Bertz CT molecular complexity index is 889. The maximum absolute atomic E-state index is 10.9. The minimum absolute atomic E-state index is 0.0976. The lowest BCUT2D eigenvalue weighted by Gasteiger charge is -2.57. The molecule has 4 aliphatic carbocycles. The Labute approximate surface area is 170 Å². The lowest BCUT2D eigenvalue weighted by atomic mass is 9.48. The summed E-state index contributed by atoms with van der Waals surface area (Å²) in [5, 5.41) is 11.6. The van der Waals surface area contributed by atoms with Gasteiger partial charge in [0.05, 0.1) is 15.6 Å². The molecule has 0 aliphatic heterocycles. The van der Waals surface area contributed by atoms with Crippen molar-refractivity contribution in [2.75, 3.05) is 11.9 Å². The Kier molecular flexibility index (Phi) is 4.16. The van der Waals surface area contributed by atoms with Crippen molar-refractivity contribution in [3.63, 3.8) is 0 Å². The van der Waals surface area contributed by atoms with Crippen molar-refractivity contribution in [1.82, 2.24) is 0 Å². The van der Waals surface area contributed by atoms with E-state index in [9.17, 15) is 10.1 Å². The minimum Gasteiger partial charge on any atom is -0.343 e. The zero-order chi connectivity index (χ0) is 19.5. The Morgan fingerprint density at radius 3 is 2.07 bits per heavy atom. The summed E-state index contributed by atoms with van der Waals surface area (Å²) in [5.74, 6) is 2.73. The number of nitro groups is 1. The summed E-state index contributed by atoms with van der Waals surface area (Å²) in [6.45, 7) is 0. The van der Waals surface area contributed by atoms with Crippen LogP contribution in [0.5, 0.6) is 0 Å². The molecule has 2 aromatic rings. The number of hydrogen-bond donors (Lipinski definition) is 0. The molecule has 0 spiro atoms. The van der Waals surface area contributed by atoms with Crippen LogP contribution in [-0.4, -0.2) is 12.0 Å². The molecule has 0 amide bonds. The van der Waals surface area contributed by atoms with Crippen molar-refractivity contribution >= 4 is 28.7 Å². The molecule has 0 N–H and O–H groups in total. The quantitative estimate of drug-likeness (QED) is 0.438. The van der Waals surface area contributed by atoms with E-state index in [1.54, 1.807) is 12.1 Å². The molecule has 0 unspecified atom stereocenters. The third-order valence-corrected chi connectivity index (χ3v) is 7.71. The number of hydrogen-bond acceptors (Lipinski definition) is 3. The zero-order valence-electron chi connectivity index (χ0n) is 16.1. The average Bonchev–Trinajstić information content (AvgIpc) is 2.66. The number of nitrogens with zero attached hydrogens (tertiary/aromatic N) is 2. The van der Waals surface area contributed by atoms with E-state index in [2.05, 4.69) is 18.2 Å². The van der Waals surface area contributed by atoms with Crippen molar-refractivity contribution in [3.8, 4) is 0 Å². The fourth-order valence-electron chi connectivity index (χ4n) is 6.51. The molecular formula is C23H25ClN2O2. The summed E-state index contributed by atoms with van der Waals surface area (Å²) >= 11 is 6.75. The first kappa shape index (κ1) is 18.0. The maximum Gasteiger partial charge on any atom is 0.269 e. The van der Waals surface area contributed by atoms with E-state index < -0.39 is 0 Å². The van der Waals surface area contributed by atoms with Crippen LogP contribution in [0.15, 0.2) is 42.5 Å². The number of anilines is 2. The summed E-state index contributed by atoms with van der Waals surface area (Å²) in [6.07, 6.45) is 8.29. The van der Waals surface area contributed by atoms with Gasteiger partial charge in [-0.05, 0) is 91.5 Å². The monoisotopic (exact) mass is 396 g/mol. The maximum atomic E-state index is 10.9. The molecule has 0 saturated heterocycles. The van der Waals surface area contributed by atoms with Crippen LogP contribution < -0.4 is 4.90 Å². The molecule has 0 heterocycles. The lowest BCUT2D eigenvalue weighted by molar-refractivity contribution is -0.384. The number of non-ortho nitro benzene ring substituents is 1. The van der Waals surface area contributed by atoms with Crippen LogP contribution >= 0.6 is 11.6 Å². The van der Waals surface area contributed by atoms with Crippen molar-refractivity contribution in [2.45, 2.75) is 43.9 Å². The molecule has 4 saturated carbocycles. The summed E-state index contributed by atoms with van der Waals surface area (Å²) in [6, 6.07) is 13.2. The summed E-state index contributed by atoms with van der Waals surface area (Å²) in [5.41, 5.74) is 3.67. The molecule has 28 heavy (non-hydrogen) atoms. The van der Waals surface area contributed by atoms with Gasteiger partial charge < -0.3 is 4.90 Å². The second-order valence-electron chi connectivity index (χ2n) is 9.20. The molecule has 4 bridgehead atoms. The zero-order valence-corrected chi connectivity index (χ0v) is 16.9. The second-order valence-corrected chi connectivity index (χ2v) is 9.60. The molecule has 2 aromatic carbocycles. The normalized spacial score (nSPS) is 30.4. The highest BCUT2D eigenvalue weighted by Crippen LogP contribution is 2.61. The van der Waals surface area contributed by atoms with Gasteiger partial charge in [0.2, 0.25) is 0 Å². The standard InChI is InChI=1S/C23H25ClN2O2/c1-25(19-3-5-20(6-4-19)26(27)28)22-7-2-18(11-21(22)24)23-12-15-8-16(13-23)10-17(9-15)14-23/h2-7,11,15-17H,8-10,12-14H2,1H3. The van der Waals surface area contributed by atoms with Crippen LogP contribution in [0.3, 0.4) is 0 Å². The molecule has 0 aromatic heterocycles. The number of halogens is 1. The van der Waals surface area contributed by atoms with Crippen molar-refractivity contribution in [2.24, 2.45) is 17.8 Å². The molecule has 0 radical (unpaired) electrons. The first-order valence-electron chi connectivity index (χ1n) is 10.2. The first-order valence-corrected chi connectivity index (χ1v) is 10.6. The smallest absolute Gasteiger partial charge is 0.269 e. The van der Waals surface area contributed by atoms with E-state index in [1.165, 1.54) is 56.2 Å². The van der Waals surface area contributed by atoms with Crippen LogP contribution in [0.4, 0.5) is 17.1 Å². The van der Waals surface area contributed by atoms with Crippen molar-refractivity contribution < 1.29 is 4.92 Å². The van der Waals surface area contributed by atoms with Crippen molar-refractivity contribution in [1.29, 1.82) is 0 Å². The van der Waals surface area contributed by atoms with Gasteiger partial charge in [0, 0.05) is 24.9 Å². The van der Waals surface area contributed by atoms with Gasteiger partial charge in [-0.1, -0.05) is 17.7 Å². The molecule has 4 aliphatic rings. The van der Waals surface area contributed by atoms with Crippen LogP contribution in [0.2, 0.25) is 5.02 Å². The lowest BCUT2D eigenvalue weighted by Crippen LogP contribution is -2.48. The molecule has 0 atom stereocenters. The highest BCUT2D eigenvalue weighted by molar-refractivity contribution is 6.33. The average molecular weight is 397 g/mol. The van der Waals surface area contributed by atoms with E-state index in [4.69, 9.17) is 11.6 Å². The molecule has 6 rings (SSSR count). The van der Waals surface area contributed by atoms with Gasteiger partial charge in [0.15, 0.2) is 0 Å². The predicted molar refractivity (Wildman–Crippen MR) is 112 cm³/mol. The molecule has 4 nitrogen and oxygen atoms in total.